The van der Waals surface area contributed by atoms with E-state index in [-0.39, 0.29) is 12.3 Å². The first-order valence-electron chi connectivity index (χ1n) is 4.15. The minimum atomic E-state index is -1.05. The second-order valence-corrected chi connectivity index (χ2v) is 4.65. The molecule has 0 aliphatic heterocycles. The number of allylic oxidation sites excluding steroid dienone is 4. The molecule has 3 nitrogen and oxygen atoms in total. The van der Waals surface area contributed by atoms with Gasteiger partial charge in [-0.1, -0.05) is 41.4 Å². The Hall–Kier alpha value is -0.510. The van der Waals surface area contributed by atoms with Gasteiger partial charge in [0.2, 0.25) is 0 Å². The van der Waals surface area contributed by atoms with Crippen LogP contribution in [-0.4, -0.2) is 21.5 Å². The molecule has 0 bridgehead atoms. The first-order chi connectivity index (χ1) is 6.43. The van der Waals surface area contributed by atoms with Crippen LogP contribution in [0.15, 0.2) is 24.3 Å². The standard InChI is InChI=1S/C9H11Cl2NO2/c10-9(11)4-2-1-3-6(9)5-7(12)8(13)14/h1-4,6-7H,5,12H2,(H,13,14)/t6?,7-/m0/s1. The molecule has 0 saturated carbocycles. The van der Waals surface area contributed by atoms with E-state index in [1.54, 1.807) is 24.3 Å². The maximum atomic E-state index is 10.5. The largest absolute Gasteiger partial charge is 0.480 e. The van der Waals surface area contributed by atoms with Gasteiger partial charge in [0, 0.05) is 5.92 Å². The number of carbonyl (C=O) groups is 1. The lowest BCUT2D eigenvalue weighted by Crippen LogP contribution is -2.36. The zero-order valence-corrected chi connectivity index (χ0v) is 8.87. The van der Waals surface area contributed by atoms with Crippen LogP contribution in [-0.2, 0) is 4.79 Å². The van der Waals surface area contributed by atoms with Crippen molar-refractivity contribution in [2.45, 2.75) is 16.8 Å². The monoisotopic (exact) mass is 235 g/mol. The van der Waals surface area contributed by atoms with Gasteiger partial charge in [-0.2, -0.15) is 0 Å². The molecule has 78 valence electrons. The number of rotatable bonds is 3. The molecule has 14 heavy (non-hydrogen) atoms. The smallest absolute Gasteiger partial charge is 0.320 e. The highest BCUT2D eigenvalue weighted by atomic mass is 35.5. The normalized spacial score (nSPS) is 26.1. The van der Waals surface area contributed by atoms with Gasteiger partial charge in [-0.3, -0.25) is 4.79 Å². The summed E-state index contributed by atoms with van der Waals surface area (Å²) in [6, 6.07) is -0.937. The molecule has 1 rings (SSSR count). The molecule has 0 saturated heterocycles. The predicted octanol–water partition coefficient (Wildman–Crippen LogP) is 1.70. The average Bonchev–Trinajstić information content (AvgIpc) is 2.08. The van der Waals surface area contributed by atoms with E-state index in [4.69, 9.17) is 34.0 Å². The minimum absolute atomic E-state index is 0.225. The van der Waals surface area contributed by atoms with Crippen LogP contribution in [0.2, 0.25) is 0 Å². The Balaban J connectivity index is 2.65. The minimum Gasteiger partial charge on any atom is -0.480 e. The maximum absolute atomic E-state index is 10.5. The number of alkyl halides is 2. The van der Waals surface area contributed by atoms with Crippen molar-refractivity contribution in [1.82, 2.24) is 0 Å². The molecule has 5 heteroatoms. The van der Waals surface area contributed by atoms with E-state index in [9.17, 15) is 4.79 Å². The molecule has 0 amide bonds. The first kappa shape index (κ1) is 11.6. The molecule has 0 aromatic heterocycles. The number of carboxylic acids is 1. The van der Waals surface area contributed by atoms with Crippen molar-refractivity contribution in [2.24, 2.45) is 11.7 Å². The van der Waals surface area contributed by atoms with Crippen LogP contribution in [0.25, 0.3) is 0 Å². The summed E-state index contributed by atoms with van der Waals surface area (Å²) < 4.78 is -1.05. The number of hydrogen-bond donors (Lipinski definition) is 2. The highest BCUT2D eigenvalue weighted by Crippen LogP contribution is 2.37. The molecule has 0 radical (unpaired) electrons. The lowest BCUT2D eigenvalue weighted by molar-refractivity contribution is -0.138. The Morgan fingerprint density at radius 1 is 1.57 bits per heavy atom. The molecule has 1 unspecified atom stereocenters. The van der Waals surface area contributed by atoms with Crippen LogP contribution in [0.1, 0.15) is 6.42 Å². The maximum Gasteiger partial charge on any atom is 0.320 e. The average molecular weight is 236 g/mol. The number of nitrogens with two attached hydrogens (primary N) is 1. The van der Waals surface area contributed by atoms with Gasteiger partial charge in [-0.05, 0) is 12.5 Å². The Labute approximate surface area is 92.2 Å². The molecular weight excluding hydrogens is 225 g/mol. The summed E-state index contributed by atoms with van der Waals surface area (Å²) in [5, 5.41) is 8.63. The van der Waals surface area contributed by atoms with Crippen LogP contribution < -0.4 is 5.73 Å². The zero-order chi connectivity index (χ0) is 10.8. The number of carboxylic acid groups (broad SMARTS) is 1. The lowest BCUT2D eigenvalue weighted by Gasteiger charge is -2.27. The van der Waals surface area contributed by atoms with Crippen LogP contribution in [0, 0.1) is 5.92 Å². The Morgan fingerprint density at radius 3 is 2.71 bits per heavy atom. The molecule has 1 aliphatic carbocycles. The summed E-state index contributed by atoms with van der Waals surface area (Å²) in [6.45, 7) is 0. The SMILES string of the molecule is N[C@@H](CC1C=CC=CC1(Cl)Cl)C(=O)O. The summed E-state index contributed by atoms with van der Waals surface area (Å²) in [5.74, 6) is -1.31. The van der Waals surface area contributed by atoms with E-state index in [1.165, 1.54) is 0 Å². The van der Waals surface area contributed by atoms with Gasteiger partial charge < -0.3 is 10.8 Å². The Kier molecular flexibility index (Phi) is 3.59. The second-order valence-electron chi connectivity index (χ2n) is 3.21. The Bertz CT molecular complexity index is 287. The predicted molar refractivity (Wildman–Crippen MR) is 56.4 cm³/mol. The van der Waals surface area contributed by atoms with Crippen molar-refractivity contribution in [2.75, 3.05) is 0 Å². The fraction of sp³-hybridized carbons (Fsp3) is 0.444. The van der Waals surface area contributed by atoms with Gasteiger partial charge in [-0.15, -0.1) is 0 Å². The highest BCUT2D eigenvalue weighted by molar-refractivity contribution is 6.50. The molecule has 1 aliphatic rings. The number of halogens is 2. The van der Waals surface area contributed by atoms with Gasteiger partial charge in [0.15, 0.2) is 0 Å². The molecule has 0 spiro atoms. The van der Waals surface area contributed by atoms with Crippen LogP contribution in [0.3, 0.4) is 0 Å². The topological polar surface area (TPSA) is 63.3 Å². The third-order valence-corrected chi connectivity index (χ3v) is 2.90. The van der Waals surface area contributed by atoms with Crippen molar-refractivity contribution in [1.29, 1.82) is 0 Å². The highest BCUT2D eigenvalue weighted by Gasteiger charge is 2.34. The van der Waals surface area contributed by atoms with Gasteiger partial charge >= 0.3 is 5.97 Å². The fourth-order valence-electron chi connectivity index (χ4n) is 1.24. The third-order valence-electron chi connectivity index (χ3n) is 2.09. The number of aliphatic carboxylic acids is 1. The van der Waals surface area contributed by atoms with Crippen molar-refractivity contribution in [3.8, 4) is 0 Å². The van der Waals surface area contributed by atoms with Gasteiger partial charge in [0.1, 0.15) is 10.4 Å². The van der Waals surface area contributed by atoms with Crippen LogP contribution in [0.5, 0.6) is 0 Å². The van der Waals surface area contributed by atoms with E-state index in [1.807, 2.05) is 0 Å². The molecular formula is C9H11Cl2NO2. The summed E-state index contributed by atoms with van der Waals surface area (Å²) in [7, 11) is 0. The van der Waals surface area contributed by atoms with Gasteiger partial charge in [-0.25, -0.2) is 0 Å². The van der Waals surface area contributed by atoms with Crippen LogP contribution in [0.4, 0.5) is 0 Å². The van der Waals surface area contributed by atoms with Gasteiger partial charge in [0.05, 0.1) is 0 Å². The lowest BCUT2D eigenvalue weighted by atomic mass is 9.93. The van der Waals surface area contributed by atoms with Crippen LogP contribution >= 0.6 is 23.2 Å². The Morgan fingerprint density at radius 2 is 2.21 bits per heavy atom. The first-order valence-corrected chi connectivity index (χ1v) is 4.91. The van der Waals surface area contributed by atoms with Crippen molar-refractivity contribution in [3.63, 3.8) is 0 Å². The van der Waals surface area contributed by atoms with Gasteiger partial charge in [0.25, 0.3) is 0 Å². The molecule has 0 aromatic carbocycles. The quantitative estimate of drug-likeness (QED) is 0.733. The molecule has 2 atom stereocenters. The molecule has 0 heterocycles. The molecule has 0 fully saturated rings. The molecule has 3 N–H and O–H groups in total. The third kappa shape index (κ3) is 2.74. The number of hydrogen-bond acceptors (Lipinski definition) is 2. The summed E-state index contributed by atoms with van der Waals surface area (Å²) in [5.41, 5.74) is 5.39. The van der Waals surface area contributed by atoms with E-state index in [0.717, 1.165) is 0 Å². The van der Waals surface area contributed by atoms with E-state index < -0.39 is 16.3 Å². The second kappa shape index (κ2) is 4.34. The summed E-state index contributed by atoms with van der Waals surface area (Å²) >= 11 is 11.9. The van der Waals surface area contributed by atoms with E-state index in [0.29, 0.717) is 0 Å². The van der Waals surface area contributed by atoms with Crippen molar-refractivity contribution >= 4 is 29.2 Å². The zero-order valence-electron chi connectivity index (χ0n) is 7.36. The summed E-state index contributed by atoms with van der Waals surface area (Å²) in [4.78, 5) is 10.5. The van der Waals surface area contributed by atoms with Crippen molar-refractivity contribution < 1.29 is 9.90 Å². The fourth-order valence-corrected chi connectivity index (χ4v) is 1.71. The summed E-state index contributed by atoms with van der Waals surface area (Å²) in [6.07, 6.45) is 7.12. The van der Waals surface area contributed by atoms with E-state index >= 15 is 0 Å². The molecule has 0 aromatic rings. The van der Waals surface area contributed by atoms with E-state index in [2.05, 4.69) is 0 Å². The van der Waals surface area contributed by atoms with Crippen molar-refractivity contribution in [3.05, 3.63) is 24.3 Å².